The van der Waals surface area contributed by atoms with Crippen molar-refractivity contribution < 1.29 is 9.50 Å². The predicted molar refractivity (Wildman–Crippen MR) is 58.0 cm³/mol. The van der Waals surface area contributed by atoms with Gasteiger partial charge in [-0.05, 0) is 49.9 Å². The lowest BCUT2D eigenvalue weighted by Crippen LogP contribution is -2.39. The molecule has 1 aliphatic rings. The van der Waals surface area contributed by atoms with Crippen molar-refractivity contribution in [2.24, 2.45) is 5.41 Å². The number of hydrogen-bond donors (Lipinski definition) is 1. The Labute approximate surface area is 94.3 Å². The smallest absolute Gasteiger partial charge is 0.123 e. The second-order valence-electron chi connectivity index (χ2n) is 4.90. The molecule has 2 rings (SSSR count). The minimum atomic E-state index is -1.16. The largest absolute Gasteiger partial charge is 0.383 e. The van der Waals surface area contributed by atoms with Crippen LogP contribution in [0.5, 0.6) is 0 Å². The van der Waals surface area contributed by atoms with Gasteiger partial charge >= 0.3 is 0 Å². The summed E-state index contributed by atoms with van der Waals surface area (Å²) in [5.74, 6) is -0.294. The summed E-state index contributed by atoms with van der Waals surface area (Å²) in [6.07, 6.45) is 1.10. The number of nitriles is 1. The number of rotatable bonds is 1. The Morgan fingerprint density at radius 3 is 2.81 bits per heavy atom. The maximum Gasteiger partial charge on any atom is 0.123 e. The zero-order valence-corrected chi connectivity index (χ0v) is 9.42. The van der Waals surface area contributed by atoms with Gasteiger partial charge in [-0.25, -0.2) is 4.39 Å². The minimum absolute atomic E-state index is 0.294. The fourth-order valence-corrected chi connectivity index (χ4v) is 2.36. The van der Waals surface area contributed by atoms with E-state index in [1.165, 1.54) is 12.1 Å². The van der Waals surface area contributed by atoms with Crippen LogP contribution in [0.25, 0.3) is 0 Å². The Morgan fingerprint density at radius 1 is 1.50 bits per heavy atom. The molecular weight excluding hydrogens is 205 g/mol. The van der Waals surface area contributed by atoms with Gasteiger partial charge in [-0.2, -0.15) is 5.26 Å². The van der Waals surface area contributed by atoms with Crippen molar-refractivity contribution in [1.29, 1.82) is 5.26 Å². The molecule has 2 nitrogen and oxygen atoms in total. The van der Waals surface area contributed by atoms with E-state index in [4.69, 9.17) is 5.26 Å². The highest BCUT2D eigenvalue weighted by molar-refractivity contribution is 5.40. The fraction of sp³-hybridized carbons (Fsp3) is 0.462. The Balaban J connectivity index is 2.56. The quantitative estimate of drug-likeness (QED) is 0.788. The van der Waals surface area contributed by atoms with Crippen LogP contribution in [-0.4, -0.2) is 5.11 Å². The zero-order valence-electron chi connectivity index (χ0n) is 9.42. The van der Waals surface area contributed by atoms with Gasteiger partial charge in [0.1, 0.15) is 11.4 Å². The summed E-state index contributed by atoms with van der Waals surface area (Å²) in [4.78, 5) is 0. The molecule has 0 radical (unpaired) electrons. The molecule has 1 unspecified atom stereocenters. The van der Waals surface area contributed by atoms with Crippen molar-refractivity contribution in [3.8, 4) is 6.07 Å². The monoisotopic (exact) mass is 219 g/mol. The van der Waals surface area contributed by atoms with E-state index in [2.05, 4.69) is 6.07 Å². The van der Waals surface area contributed by atoms with Crippen LogP contribution in [0.3, 0.4) is 0 Å². The van der Waals surface area contributed by atoms with Crippen molar-refractivity contribution in [2.75, 3.05) is 0 Å². The van der Waals surface area contributed by atoms with Crippen LogP contribution in [0.1, 0.15) is 31.4 Å². The third-order valence-electron chi connectivity index (χ3n) is 3.58. The highest BCUT2D eigenvalue weighted by Gasteiger charge is 2.49. The molecular formula is C13H14FNO. The molecule has 84 valence electrons. The molecule has 1 aromatic carbocycles. The lowest BCUT2D eigenvalue weighted by molar-refractivity contribution is -0.0428. The van der Waals surface area contributed by atoms with E-state index in [1.807, 2.05) is 0 Å². The average Bonchev–Trinajstić information content (AvgIpc) is 2.57. The first-order valence-corrected chi connectivity index (χ1v) is 5.33. The average molecular weight is 219 g/mol. The van der Waals surface area contributed by atoms with E-state index < -0.39 is 11.0 Å². The van der Waals surface area contributed by atoms with Crippen LogP contribution in [-0.2, 0) is 12.0 Å². The number of hydrogen-bond acceptors (Lipinski definition) is 2. The molecule has 0 bridgehead atoms. The highest BCUT2D eigenvalue weighted by atomic mass is 19.1. The second kappa shape index (κ2) is 3.29. The molecule has 3 heteroatoms. The second-order valence-corrected chi connectivity index (χ2v) is 4.90. The number of aryl methyl sites for hydroxylation is 1. The molecule has 1 aliphatic carbocycles. The fourth-order valence-electron chi connectivity index (χ4n) is 2.36. The van der Waals surface area contributed by atoms with Crippen LogP contribution in [0.15, 0.2) is 18.2 Å². The van der Waals surface area contributed by atoms with E-state index in [-0.39, 0.29) is 5.82 Å². The van der Waals surface area contributed by atoms with Gasteiger partial charge in [-0.1, -0.05) is 6.07 Å². The van der Waals surface area contributed by atoms with Gasteiger partial charge < -0.3 is 5.11 Å². The Bertz CT molecular complexity index is 475. The first-order chi connectivity index (χ1) is 7.40. The summed E-state index contributed by atoms with van der Waals surface area (Å²) in [5, 5.41) is 19.7. The third kappa shape index (κ3) is 1.34. The van der Waals surface area contributed by atoms with Gasteiger partial charge in [0.15, 0.2) is 0 Å². The normalized spacial score (nSPS) is 23.9. The van der Waals surface area contributed by atoms with Crippen LogP contribution < -0.4 is 0 Å². The van der Waals surface area contributed by atoms with E-state index in [0.717, 1.165) is 5.56 Å². The van der Waals surface area contributed by atoms with E-state index in [1.54, 1.807) is 19.9 Å². The zero-order chi connectivity index (χ0) is 12.0. The Hall–Kier alpha value is -1.40. The minimum Gasteiger partial charge on any atom is -0.383 e. The molecule has 0 aromatic heterocycles. The standard InChI is InChI=1S/C13H14FNO/c1-12(2,8-15)13(16)6-5-9-7-10(14)3-4-11(9)13/h3-4,7,16H,5-6H2,1-2H3. The van der Waals surface area contributed by atoms with Gasteiger partial charge in [-0.15, -0.1) is 0 Å². The molecule has 16 heavy (non-hydrogen) atoms. The number of halogens is 1. The maximum absolute atomic E-state index is 13.0. The van der Waals surface area contributed by atoms with Crippen molar-refractivity contribution >= 4 is 0 Å². The van der Waals surface area contributed by atoms with Gasteiger partial charge in [0, 0.05) is 0 Å². The number of nitrogens with zero attached hydrogens (tertiary/aromatic N) is 1. The van der Waals surface area contributed by atoms with Crippen LogP contribution in [0, 0.1) is 22.6 Å². The van der Waals surface area contributed by atoms with E-state index in [0.29, 0.717) is 18.4 Å². The number of fused-ring (bicyclic) bond motifs is 1. The molecule has 0 saturated heterocycles. The van der Waals surface area contributed by atoms with Crippen molar-refractivity contribution in [2.45, 2.75) is 32.3 Å². The summed E-state index contributed by atoms with van der Waals surface area (Å²) in [6.45, 7) is 3.43. The molecule has 0 heterocycles. The highest BCUT2D eigenvalue weighted by Crippen LogP contribution is 2.48. The molecule has 0 saturated carbocycles. The topological polar surface area (TPSA) is 44.0 Å². The van der Waals surface area contributed by atoms with Gasteiger partial charge in [0.05, 0.1) is 11.5 Å². The van der Waals surface area contributed by atoms with Gasteiger partial charge in [0.2, 0.25) is 0 Å². The summed E-state index contributed by atoms with van der Waals surface area (Å²) in [5.41, 5.74) is -0.521. The van der Waals surface area contributed by atoms with Crippen LogP contribution in [0.4, 0.5) is 4.39 Å². The first kappa shape index (κ1) is 11.1. The van der Waals surface area contributed by atoms with Crippen molar-refractivity contribution in [1.82, 2.24) is 0 Å². The summed E-state index contributed by atoms with van der Waals surface area (Å²) in [6, 6.07) is 6.51. The van der Waals surface area contributed by atoms with E-state index in [9.17, 15) is 9.50 Å². The predicted octanol–water partition coefficient (Wildman–Crippen LogP) is 2.51. The first-order valence-electron chi connectivity index (χ1n) is 5.33. The van der Waals surface area contributed by atoms with Gasteiger partial charge in [-0.3, -0.25) is 0 Å². The SMILES string of the molecule is CC(C)(C#N)C1(O)CCc2cc(F)ccc21. The lowest BCUT2D eigenvalue weighted by atomic mass is 9.72. The number of aliphatic hydroxyl groups is 1. The Kier molecular flexibility index (Phi) is 2.28. The molecule has 0 amide bonds. The maximum atomic E-state index is 13.0. The number of benzene rings is 1. The van der Waals surface area contributed by atoms with Crippen molar-refractivity contribution in [3.63, 3.8) is 0 Å². The molecule has 0 fully saturated rings. The molecule has 1 aromatic rings. The van der Waals surface area contributed by atoms with Gasteiger partial charge in [0.25, 0.3) is 0 Å². The molecule has 0 aliphatic heterocycles. The molecule has 0 spiro atoms. The summed E-state index contributed by atoms with van der Waals surface area (Å²) >= 11 is 0. The molecule has 1 atom stereocenters. The van der Waals surface area contributed by atoms with Crippen molar-refractivity contribution in [3.05, 3.63) is 35.1 Å². The lowest BCUT2D eigenvalue weighted by Gasteiger charge is -2.35. The van der Waals surface area contributed by atoms with E-state index >= 15 is 0 Å². The summed E-state index contributed by atoms with van der Waals surface area (Å²) in [7, 11) is 0. The van der Waals surface area contributed by atoms with Crippen LogP contribution in [0.2, 0.25) is 0 Å². The summed E-state index contributed by atoms with van der Waals surface area (Å²) < 4.78 is 13.0. The third-order valence-corrected chi connectivity index (χ3v) is 3.58. The van der Waals surface area contributed by atoms with Crippen LogP contribution >= 0.6 is 0 Å². The Morgan fingerprint density at radius 2 is 2.19 bits per heavy atom. The molecule has 1 N–H and O–H groups in total.